The molecule has 0 spiro atoms. The molecule has 0 aromatic carbocycles. The van der Waals surface area contributed by atoms with Crippen molar-refractivity contribution >= 4 is 5.91 Å². The second-order valence-corrected chi connectivity index (χ2v) is 7.21. The normalized spacial score (nSPS) is 16.4. The predicted molar refractivity (Wildman–Crippen MR) is 105 cm³/mol. The molecule has 0 aliphatic heterocycles. The fourth-order valence-electron chi connectivity index (χ4n) is 2.89. The average molecular weight is 393 g/mol. The van der Waals surface area contributed by atoms with Crippen LogP contribution in [0.4, 0.5) is 0 Å². The van der Waals surface area contributed by atoms with Gasteiger partial charge in [-0.2, -0.15) is 0 Å². The van der Waals surface area contributed by atoms with Gasteiger partial charge in [-0.15, -0.1) is 0 Å². The molecule has 4 atom stereocenters. The Labute approximate surface area is 165 Å². The van der Waals surface area contributed by atoms with Crippen LogP contribution in [0.3, 0.4) is 0 Å². The zero-order valence-corrected chi connectivity index (χ0v) is 16.6. The molecule has 0 aliphatic rings. The maximum Gasteiger partial charge on any atom is 0.251 e. The van der Waals surface area contributed by atoms with Crippen molar-refractivity contribution in [3.8, 4) is 0 Å². The molecule has 1 amide bonds. The first-order chi connectivity index (χ1) is 13.5. The Morgan fingerprint density at radius 1 is 0.815 bits per heavy atom. The lowest BCUT2D eigenvalue weighted by Crippen LogP contribution is -2.51. The van der Waals surface area contributed by atoms with E-state index >= 15 is 0 Å². The Hall–Kier alpha value is -0.730. The van der Waals surface area contributed by atoms with Gasteiger partial charge in [0.2, 0.25) is 0 Å². The van der Waals surface area contributed by atoms with Gasteiger partial charge >= 0.3 is 0 Å². The molecule has 7 heteroatoms. The zero-order valence-electron chi connectivity index (χ0n) is 17.6. The van der Waals surface area contributed by atoms with Gasteiger partial charge in [0.1, 0.15) is 18.3 Å². The minimum absolute atomic E-state index is 0.375. The molecule has 0 fully saturated rings. The molecule has 27 heavy (non-hydrogen) atoms. The van der Waals surface area contributed by atoms with Gasteiger partial charge in [-0.1, -0.05) is 77.5 Å². The van der Waals surface area contributed by atoms with Crippen LogP contribution in [0.25, 0.3) is 0 Å². The van der Waals surface area contributed by atoms with Crippen LogP contribution in [0.5, 0.6) is 0 Å². The van der Waals surface area contributed by atoms with Crippen LogP contribution in [0.15, 0.2) is 0 Å². The van der Waals surface area contributed by atoms with E-state index in [-0.39, 0.29) is 0 Å². The summed E-state index contributed by atoms with van der Waals surface area (Å²) >= 11 is 0. The summed E-state index contributed by atoms with van der Waals surface area (Å²) in [5.74, 6) is -0.806. The van der Waals surface area contributed by atoms with Crippen molar-refractivity contribution in [1.29, 1.82) is 0 Å². The highest BCUT2D eigenvalue weighted by Crippen LogP contribution is 2.12. The summed E-state index contributed by atoms with van der Waals surface area (Å²) in [7, 11) is 0. The van der Waals surface area contributed by atoms with E-state index < -0.39 is 36.9 Å². The highest BCUT2D eigenvalue weighted by atomic mass is 16.4. The van der Waals surface area contributed by atoms with Gasteiger partial charge in [0.15, 0.2) is 6.10 Å². The zero-order chi connectivity index (χ0) is 21.2. The third-order valence-corrected chi connectivity index (χ3v) is 4.75. The van der Waals surface area contributed by atoms with Crippen LogP contribution in [0.2, 0.25) is 0 Å². The Balaban J connectivity index is 3.54. The van der Waals surface area contributed by atoms with Gasteiger partial charge < -0.3 is 30.8 Å². The number of aliphatic hydroxyl groups is 5. The van der Waals surface area contributed by atoms with Crippen molar-refractivity contribution in [3.05, 3.63) is 0 Å². The number of amides is 1. The smallest absolute Gasteiger partial charge is 0.251 e. The van der Waals surface area contributed by atoms with E-state index in [4.69, 9.17) is 6.48 Å². The lowest BCUT2D eigenvalue weighted by atomic mass is 10.0. The first-order valence-corrected chi connectivity index (χ1v) is 10.4. The highest BCUT2D eigenvalue weighted by molar-refractivity contribution is 5.81. The van der Waals surface area contributed by atoms with Gasteiger partial charge in [0.25, 0.3) is 5.91 Å². The second kappa shape index (κ2) is 17.4. The van der Waals surface area contributed by atoms with Crippen LogP contribution in [-0.4, -0.2) is 69.0 Å². The van der Waals surface area contributed by atoms with E-state index in [1.807, 2.05) is 0 Å². The second-order valence-electron chi connectivity index (χ2n) is 7.21. The highest BCUT2D eigenvalue weighted by Gasteiger charge is 2.33. The number of carbonyl (C=O) groups is 1. The summed E-state index contributed by atoms with van der Waals surface area (Å²) < 4.78 is 7.08. The SMILES string of the molecule is [2H]CCCCCCCCCCCCCCNC(=O)[C@H](O)[C@@H](O)[C@H](O)[C@H](O)CO. The van der Waals surface area contributed by atoms with E-state index in [2.05, 4.69) is 5.32 Å². The number of nitrogens with one attached hydrogen (secondary N) is 1. The topological polar surface area (TPSA) is 130 Å². The summed E-state index contributed by atoms with van der Waals surface area (Å²) in [6.45, 7) is 0.142. The van der Waals surface area contributed by atoms with Gasteiger partial charge in [-0.25, -0.2) is 0 Å². The van der Waals surface area contributed by atoms with Gasteiger partial charge in [0, 0.05) is 7.92 Å². The third-order valence-electron chi connectivity index (χ3n) is 4.75. The summed E-state index contributed by atoms with van der Waals surface area (Å²) in [4.78, 5) is 11.7. The molecule has 0 saturated carbocycles. The minimum atomic E-state index is -1.86. The van der Waals surface area contributed by atoms with Crippen molar-refractivity contribution in [2.75, 3.05) is 13.2 Å². The quantitative estimate of drug-likeness (QED) is 0.195. The largest absolute Gasteiger partial charge is 0.394 e. The molecule has 6 N–H and O–H groups in total. The molecule has 0 aromatic heterocycles. The fraction of sp³-hybridized carbons (Fsp3) is 0.950. The maximum absolute atomic E-state index is 11.7. The molecule has 0 saturated heterocycles. The van der Waals surface area contributed by atoms with Crippen molar-refractivity contribution in [2.45, 2.75) is 108 Å². The molecule has 0 radical (unpaired) electrons. The number of hydrogen-bond donors (Lipinski definition) is 6. The third kappa shape index (κ3) is 13.1. The molecular weight excluding hydrogens is 350 g/mol. The number of unbranched alkanes of at least 4 members (excludes halogenated alkanes) is 11. The average Bonchev–Trinajstić information content (AvgIpc) is 2.71. The van der Waals surface area contributed by atoms with Crippen LogP contribution < -0.4 is 5.32 Å². The summed E-state index contributed by atoms with van der Waals surface area (Å²) in [6, 6.07) is 0. The standard InChI is InChI=1S/C20H41NO6/c1-2-3-4-5-6-7-8-9-10-11-12-13-14-21-20(27)19(26)18(25)17(24)16(23)15-22/h16-19,22-26H,2-15H2,1H3,(H,21,27)/t16-,17-,18+,19-/m1/s1/i1D. The van der Waals surface area contributed by atoms with E-state index in [1.54, 1.807) is 0 Å². The monoisotopic (exact) mass is 392 g/mol. The van der Waals surface area contributed by atoms with E-state index in [0.29, 0.717) is 13.4 Å². The summed E-state index contributed by atoms with van der Waals surface area (Å²) in [6.07, 6.45) is 6.61. The first kappa shape index (κ1) is 24.3. The van der Waals surface area contributed by atoms with Crippen LogP contribution in [-0.2, 0) is 4.79 Å². The Kier molecular flexibility index (Phi) is 15.6. The van der Waals surface area contributed by atoms with Crippen molar-refractivity contribution in [1.82, 2.24) is 5.32 Å². The molecule has 0 aromatic rings. The maximum atomic E-state index is 11.7. The first-order valence-electron chi connectivity index (χ1n) is 11.1. The molecule has 0 rings (SSSR count). The number of hydrogen-bond acceptors (Lipinski definition) is 6. The van der Waals surface area contributed by atoms with Gasteiger partial charge in [-0.3, -0.25) is 4.79 Å². The number of carbonyl (C=O) groups excluding carboxylic acids is 1. The number of rotatable bonds is 18. The number of aliphatic hydroxyl groups excluding tert-OH is 5. The molecular formula is C20H41NO6. The fourth-order valence-corrected chi connectivity index (χ4v) is 2.89. The van der Waals surface area contributed by atoms with Crippen molar-refractivity contribution in [2.24, 2.45) is 0 Å². The van der Waals surface area contributed by atoms with E-state index in [9.17, 15) is 25.2 Å². The van der Waals surface area contributed by atoms with Crippen molar-refractivity contribution < 1.29 is 31.7 Å². The minimum Gasteiger partial charge on any atom is -0.394 e. The van der Waals surface area contributed by atoms with Crippen LogP contribution in [0.1, 0.15) is 85.3 Å². The summed E-state index contributed by atoms with van der Waals surface area (Å²) in [5, 5.41) is 49.2. The predicted octanol–water partition coefficient (Wildman–Crippen LogP) is 1.24. The van der Waals surface area contributed by atoms with Gasteiger partial charge in [0.05, 0.1) is 6.61 Å². The molecule has 0 bridgehead atoms. The van der Waals surface area contributed by atoms with Crippen molar-refractivity contribution in [3.63, 3.8) is 0 Å². The Morgan fingerprint density at radius 3 is 1.78 bits per heavy atom. The lowest BCUT2D eigenvalue weighted by Gasteiger charge is -2.24. The van der Waals surface area contributed by atoms with E-state index in [0.717, 1.165) is 25.7 Å². The van der Waals surface area contributed by atoms with Crippen LogP contribution in [0, 0.1) is 0 Å². The molecule has 0 heterocycles. The molecule has 7 nitrogen and oxygen atoms in total. The Bertz CT molecular complexity index is 375. The molecule has 162 valence electrons. The lowest BCUT2D eigenvalue weighted by molar-refractivity contribution is -0.148. The van der Waals surface area contributed by atoms with Crippen LogP contribution >= 0.6 is 0 Å². The summed E-state index contributed by atoms with van der Waals surface area (Å²) in [5.41, 5.74) is 0. The Morgan fingerprint density at radius 2 is 1.30 bits per heavy atom. The molecule has 0 aliphatic carbocycles. The van der Waals surface area contributed by atoms with Gasteiger partial charge in [-0.05, 0) is 6.42 Å². The molecule has 0 unspecified atom stereocenters. The van der Waals surface area contributed by atoms with E-state index in [1.165, 1.54) is 51.4 Å².